The van der Waals surface area contributed by atoms with Crippen molar-refractivity contribution in [2.24, 2.45) is 0 Å². The molecule has 0 spiro atoms. The molecular formula is C26H19BrN2O5S. The third-order valence-electron chi connectivity index (χ3n) is 5.13. The molecule has 35 heavy (non-hydrogen) atoms. The van der Waals surface area contributed by atoms with Gasteiger partial charge in [0, 0.05) is 21.3 Å². The van der Waals surface area contributed by atoms with Gasteiger partial charge in [-0.05, 0) is 80.3 Å². The number of halogens is 1. The second-order valence-corrected chi connectivity index (χ2v) is 9.32. The van der Waals surface area contributed by atoms with E-state index in [1.807, 2.05) is 29.6 Å². The van der Waals surface area contributed by atoms with Crippen LogP contribution in [0.25, 0.3) is 16.2 Å². The van der Waals surface area contributed by atoms with Crippen LogP contribution in [0.4, 0.5) is 0 Å². The van der Waals surface area contributed by atoms with Gasteiger partial charge in [-0.3, -0.25) is 9.59 Å². The Labute approximate surface area is 212 Å². The fourth-order valence-electron chi connectivity index (χ4n) is 3.40. The second-order valence-electron chi connectivity index (χ2n) is 7.55. The summed E-state index contributed by atoms with van der Waals surface area (Å²) in [4.78, 5) is 37.1. The van der Waals surface area contributed by atoms with Crippen molar-refractivity contribution in [3.8, 4) is 5.75 Å². The second kappa shape index (κ2) is 10.5. The molecule has 7 nitrogen and oxygen atoms in total. The van der Waals surface area contributed by atoms with Gasteiger partial charge in [-0.2, -0.15) is 0 Å². The molecule has 4 N–H and O–H groups in total. The van der Waals surface area contributed by atoms with Crippen LogP contribution in [0.3, 0.4) is 0 Å². The van der Waals surface area contributed by atoms with Gasteiger partial charge in [0.25, 0.3) is 11.8 Å². The summed E-state index contributed by atoms with van der Waals surface area (Å²) in [7, 11) is 0. The number of aromatic hydroxyl groups is 1. The van der Waals surface area contributed by atoms with Crippen LogP contribution in [-0.2, 0) is 11.3 Å². The number of phenols is 1. The molecular weight excluding hydrogens is 532 g/mol. The van der Waals surface area contributed by atoms with Crippen LogP contribution < -0.4 is 10.6 Å². The molecule has 0 atom stereocenters. The Morgan fingerprint density at radius 2 is 1.77 bits per heavy atom. The Morgan fingerprint density at radius 1 is 0.971 bits per heavy atom. The highest BCUT2D eigenvalue weighted by Gasteiger charge is 2.18. The van der Waals surface area contributed by atoms with Gasteiger partial charge >= 0.3 is 5.97 Å². The van der Waals surface area contributed by atoms with E-state index < -0.39 is 11.9 Å². The van der Waals surface area contributed by atoms with Crippen LogP contribution >= 0.6 is 27.3 Å². The van der Waals surface area contributed by atoms with Crippen LogP contribution in [0.2, 0.25) is 0 Å². The maximum Gasteiger partial charge on any atom is 0.352 e. The van der Waals surface area contributed by atoms with Crippen molar-refractivity contribution in [1.29, 1.82) is 0 Å². The average Bonchev–Trinajstić information content (AvgIpc) is 3.24. The van der Waals surface area contributed by atoms with Crippen LogP contribution in [0, 0.1) is 0 Å². The molecule has 0 aliphatic heterocycles. The summed E-state index contributed by atoms with van der Waals surface area (Å²) in [6.45, 7) is 0.219. The zero-order valence-corrected chi connectivity index (χ0v) is 20.5. The molecule has 4 aromatic rings. The number of thiophene rings is 1. The number of amides is 2. The van der Waals surface area contributed by atoms with Crippen molar-refractivity contribution in [2.45, 2.75) is 6.54 Å². The van der Waals surface area contributed by atoms with Crippen LogP contribution in [0.5, 0.6) is 5.75 Å². The number of carbonyl (C=O) groups excluding carboxylic acids is 2. The Bertz CT molecular complexity index is 1480. The lowest BCUT2D eigenvalue weighted by atomic mass is 10.1. The topological polar surface area (TPSA) is 116 Å². The Kier molecular flexibility index (Phi) is 7.28. The first kappa shape index (κ1) is 24.2. The molecule has 0 aliphatic rings. The van der Waals surface area contributed by atoms with Crippen molar-refractivity contribution in [1.82, 2.24) is 10.6 Å². The Balaban J connectivity index is 1.48. The predicted octanol–water partition coefficient (Wildman–Crippen LogP) is 5.15. The number of carboxylic acids is 1. The molecule has 0 saturated carbocycles. The molecule has 0 aliphatic carbocycles. The summed E-state index contributed by atoms with van der Waals surface area (Å²) < 4.78 is 1.35. The third kappa shape index (κ3) is 5.76. The third-order valence-corrected chi connectivity index (χ3v) is 6.77. The van der Waals surface area contributed by atoms with Gasteiger partial charge in [-0.1, -0.05) is 30.3 Å². The van der Waals surface area contributed by atoms with E-state index in [1.165, 1.54) is 35.6 Å². The lowest BCUT2D eigenvalue weighted by Crippen LogP contribution is -2.28. The van der Waals surface area contributed by atoms with Gasteiger partial charge in [0.15, 0.2) is 0 Å². The quantitative estimate of drug-likeness (QED) is 0.237. The molecule has 3 aromatic carbocycles. The number of fused-ring (bicyclic) bond motifs is 1. The number of aliphatic carboxylic acids is 1. The minimum Gasteiger partial charge on any atom is -0.508 e. The normalized spacial score (nSPS) is 11.3. The van der Waals surface area contributed by atoms with Gasteiger partial charge in [0.05, 0.1) is 5.56 Å². The minimum absolute atomic E-state index is 0.108. The monoisotopic (exact) mass is 550 g/mol. The first-order valence-electron chi connectivity index (χ1n) is 10.4. The lowest BCUT2D eigenvalue weighted by Gasteiger charge is -2.10. The van der Waals surface area contributed by atoms with Crippen molar-refractivity contribution < 1.29 is 24.6 Å². The average molecular weight is 551 g/mol. The highest BCUT2D eigenvalue weighted by molar-refractivity contribution is 9.10. The maximum absolute atomic E-state index is 12.8. The van der Waals surface area contributed by atoms with E-state index >= 15 is 0 Å². The number of nitrogens with one attached hydrogen (secondary N) is 2. The number of benzene rings is 3. The maximum atomic E-state index is 12.8. The highest BCUT2D eigenvalue weighted by Crippen LogP contribution is 2.27. The predicted molar refractivity (Wildman–Crippen MR) is 138 cm³/mol. The number of rotatable bonds is 7. The summed E-state index contributed by atoms with van der Waals surface area (Å²) in [6, 6.07) is 18.6. The van der Waals surface area contributed by atoms with Gasteiger partial charge in [0.2, 0.25) is 0 Å². The Morgan fingerprint density at radius 3 is 2.51 bits per heavy atom. The fraction of sp³-hybridized carbons (Fsp3) is 0.0385. The summed E-state index contributed by atoms with van der Waals surface area (Å²) in [6.07, 6.45) is 1.43. The smallest absolute Gasteiger partial charge is 0.352 e. The summed E-state index contributed by atoms with van der Waals surface area (Å²) in [5, 5.41) is 27.1. The summed E-state index contributed by atoms with van der Waals surface area (Å²) >= 11 is 4.79. The first-order valence-corrected chi connectivity index (χ1v) is 12.1. The first-order chi connectivity index (χ1) is 16.8. The molecule has 0 bridgehead atoms. The SMILES string of the molecule is O=C(O)C(=Cc1csc2ccccc12)NC(=O)c1ccc(C(=O)NCc2cccc(O)c2)cc1Br. The largest absolute Gasteiger partial charge is 0.508 e. The highest BCUT2D eigenvalue weighted by atomic mass is 79.9. The van der Waals surface area contributed by atoms with E-state index in [2.05, 4.69) is 26.6 Å². The number of hydrogen-bond acceptors (Lipinski definition) is 5. The molecule has 1 heterocycles. The summed E-state index contributed by atoms with van der Waals surface area (Å²) in [5.41, 5.74) is 1.66. The molecule has 176 valence electrons. The standard InChI is InChI=1S/C26H19BrN2O5S/c27-21-11-16(24(31)28-13-15-4-3-5-18(30)10-15)8-9-20(21)25(32)29-22(26(33)34)12-17-14-35-23-7-2-1-6-19(17)23/h1-12,14,30H,13H2,(H,28,31)(H,29,32)(H,33,34). The van der Waals surface area contributed by atoms with Gasteiger partial charge in [-0.15, -0.1) is 11.3 Å². The molecule has 0 radical (unpaired) electrons. The minimum atomic E-state index is -1.27. The Hall–Kier alpha value is -3.95. The van der Waals surface area contributed by atoms with E-state index in [0.717, 1.165) is 15.6 Å². The van der Waals surface area contributed by atoms with Crippen LogP contribution in [0.1, 0.15) is 31.8 Å². The zero-order valence-electron chi connectivity index (χ0n) is 18.1. The molecule has 1 aromatic heterocycles. The van der Waals surface area contributed by atoms with Crippen LogP contribution in [0.15, 0.2) is 82.3 Å². The van der Waals surface area contributed by atoms with Crippen molar-refractivity contribution in [3.63, 3.8) is 0 Å². The van der Waals surface area contributed by atoms with Crippen LogP contribution in [-0.4, -0.2) is 28.0 Å². The number of carboxylic acid groups (broad SMARTS) is 1. The van der Waals surface area contributed by atoms with E-state index in [1.54, 1.807) is 24.3 Å². The molecule has 4 rings (SSSR count). The molecule has 0 saturated heterocycles. The van der Waals surface area contributed by atoms with Gasteiger partial charge < -0.3 is 20.8 Å². The van der Waals surface area contributed by atoms with Crippen molar-refractivity contribution >= 4 is 61.2 Å². The van der Waals surface area contributed by atoms with Gasteiger partial charge in [0.1, 0.15) is 11.4 Å². The molecule has 0 unspecified atom stereocenters. The van der Waals surface area contributed by atoms with E-state index in [-0.39, 0.29) is 29.5 Å². The van der Waals surface area contributed by atoms with Crippen molar-refractivity contribution in [3.05, 3.63) is 105 Å². The van der Waals surface area contributed by atoms with E-state index in [4.69, 9.17) is 0 Å². The number of carbonyl (C=O) groups is 3. The zero-order chi connectivity index (χ0) is 24.9. The summed E-state index contributed by atoms with van der Waals surface area (Å²) in [5.74, 6) is -2.15. The number of hydrogen-bond donors (Lipinski definition) is 4. The molecule has 9 heteroatoms. The number of phenolic OH excluding ortho intramolecular Hbond substituents is 1. The van der Waals surface area contributed by atoms with Crippen molar-refractivity contribution in [2.75, 3.05) is 0 Å². The molecule has 0 fully saturated rings. The van der Waals surface area contributed by atoms with E-state index in [9.17, 15) is 24.6 Å². The lowest BCUT2D eigenvalue weighted by molar-refractivity contribution is -0.132. The van der Waals surface area contributed by atoms with Gasteiger partial charge in [-0.25, -0.2) is 4.79 Å². The fourth-order valence-corrected chi connectivity index (χ4v) is 4.88. The molecule has 2 amide bonds. The van der Waals surface area contributed by atoms with E-state index in [0.29, 0.717) is 15.6 Å².